The van der Waals surface area contributed by atoms with Crippen LogP contribution in [0, 0.1) is 0 Å². The molecule has 8 nitrogen and oxygen atoms in total. The van der Waals surface area contributed by atoms with Crippen LogP contribution in [-0.2, 0) is 7.05 Å². The second kappa shape index (κ2) is 5.50. The summed E-state index contributed by atoms with van der Waals surface area (Å²) in [6, 6.07) is 4.64. The van der Waals surface area contributed by atoms with E-state index in [0.29, 0.717) is 33.3 Å². The molecule has 4 aromatic rings. The Hall–Kier alpha value is -3.00. The molecular weight excluding hydrogens is 358 g/mol. The zero-order valence-electron chi connectivity index (χ0n) is 14.3. The second-order valence-corrected chi connectivity index (χ2v) is 6.85. The molecule has 3 heterocycles. The first-order chi connectivity index (χ1) is 12.3. The Morgan fingerprint density at radius 1 is 1.27 bits per heavy atom. The molecule has 1 aromatic carbocycles. The Labute approximate surface area is 151 Å². The molecule has 0 bridgehead atoms. The number of nitrogens with one attached hydrogen (secondary N) is 2. The summed E-state index contributed by atoms with van der Waals surface area (Å²) in [6.45, 7) is 3.85. The van der Waals surface area contributed by atoms with Gasteiger partial charge in [-0.2, -0.15) is 0 Å². The molecule has 0 fully saturated rings. The summed E-state index contributed by atoms with van der Waals surface area (Å²) >= 11 is 6.07. The number of aromatic amines is 2. The summed E-state index contributed by atoms with van der Waals surface area (Å²) in [5.41, 5.74) is 1.81. The monoisotopic (exact) mass is 373 g/mol. The number of aromatic hydroxyl groups is 1. The van der Waals surface area contributed by atoms with Gasteiger partial charge in [0, 0.05) is 18.7 Å². The van der Waals surface area contributed by atoms with Crippen LogP contribution in [-0.4, -0.2) is 29.4 Å². The van der Waals surface area contributed by atoms with Crippen LogP contribution in [0.5, 0.6) is 5.75 Å². The number of hydrogen-bond acceptors (Lipinski definition) is 4. The fourth-order valence-electron chi connectivity index (χ4n) is 3.19. The Bertz CT molecular complexity index is 1290. The average molecular weight is 374 g/mol. The predicted octanol–water partition coefficient (Wildman–Crippen LogP) is 2.51. The lowest BCUT2D eigenvalue weighted by molar-refractivity contribution is 0.475. The van der Waals surface area contributed by atoms with Crippen molar-refractivity contribution >= 4 is 33.8 Å². The molecule has 134 valence electrons. The molecule has 0 saturated carbocycles. The normalized spacial score (nSPS) is 11.9. The number of fused-ring (bicyclic) bond motifs is 2. The lowest BCUT2D eigenvalue weighted by atomic mass is 10.0. The summed E-state index contributed by atoms with van der Waals surface area (Å²) < 4.78 is 3.07. The molecule has 0 spiro atoms. The van der Waals surface area contributed by atoms with Gasteiger partial charge < -0.3 is 5.11 Å². The first kappa shape index (κ1) is 16.5. The number of H-pyrrole nitrogens is 2. The van der Waals surface area contributed by atoms with Gasteiger partial charge in [0.2, 0.25) is 0 Å². The summed E-state index contributed by atoms with van der Waals surface area (Å²) in [5.74, 6) is -0.0615. The molecule has 0 unspecified atom stereocenters. The van der Waals surface area contributed by atoms with E-state index in [1.165, 1.54) is 10.6 Å². The highest BCUT2D eigenvalue weighted by molar-refractivity contribution is 6.32. The van der Waals surface area contributed by atoms with E-state index in [4.69, 9.17) is 11.6 Å². The topological polar surface area (TPSA) is 109 Å². The number of aromatic nitrogens is 5. The molecule has 0 aliphatic heterocycles. The average Bonchev–Trinajstić information content (AvgIpc) is 3.06. The van der Waals surface area contributed by atoms with Crippen LogP contribution in [0.4, 0.5) is 0 Å². The van der Waals surface area contributed by atoms with Crippen molar-refractivity contribution in [3.05, 3.63) is 44.1 Å². The molecule has 0 saturated heterocycles. The van der Waals surface area contributed by atoms with Crippen molar-refractivity contribution in [1.29, 1.82) is 0 Å². The van der Waals surface area contributed by atoms with Gasteiger partial charge in [-0.15, -0.1) is 0 Å². The number of phenols is 1. The van der Waals surface area contributed by atoms with E-state index >= 15 is 0 Å². The lowest BCUT2D eigenvalue weighted by Gasteiger charge is -2.10. The largest absolute Gasteiger partial charge is 0.506 e. The van der Waals surface area contributed by atoms with Crippen molar-refractivity contribution in [3.63, 3.8) is 0 Å². The summed E-state index contributed by atoms with van der Waals surface area (Å²) in [7, 11) is 1.60. The molecule has 3 N–H and O–H groups in total. The molecule has 0 aliphatic rings. The number of pyridine rings is 1. The van der Waals surface area contributed by atoms with Crippen molar-refractivity contribution in [2.75, 3.05) is 0 Å². The number of hydrogen-bond donors (Lipinski definition) is 3. The number of imidazole rings is 1. The van der Waals surface area contributed by atoms with Gasteiger partial charge >= 0.3 is 5.69 Å². The smallest absolute Gasteiger partial charge is 0.327 e. The maximum absolute atomic E-state index is 12.7. The second-order valence-electron chi connectivity index (χ2n) is 6.44. The van der Waals surface area contributed by atoms with Crippen LogP contribution in [0.3, 0.4) is 0 Å². The molecule has 4 rings (SSSR count). The summed E-state index contributed by atoms with van der Waals surface area (Å²) in [6.07, 6.45) is 0. The van der Waals surface area contributed by atoms with Crippen LogP contribution in [0.25, 0.3) is 33.3 Å². The summed E-state index contributed by atoms with van der Waals surface area (Å²) in [5, 5.41) is 13.0. The first-order valence-electron chi connectivity index (χ1n) is 8.01. The number of halogens is 1. The molecule has 0 aliphatic carbocycles. The van der Waals surface area contributed by atoms with Crippen LogP contribution in [0.1, 0.15) is 19.9 Å². The molecule has 3 aromatic heterocycles. The van der Waals surface area contributed by atoms with Gasteiger partial charge in [-0.05, 0) is 31.5 Å². The van der Waals surface area contributed by atoms with Crippen molar-refractivity contribution in [2.24, 2.45) is 7.05 Å². The van der Waals surface area contributed by atoms with Gasteiger partial charge in [0.15, 0.2) is 11.3 Å². The zero-order chi connectivity index (χ0) is 18.7. The maximum Gasteiger partial charge on any atom is 0.327 e. The Balaban J connectivity index is 2.28. The third-order valence-electron chi connectivity index (χ3n) is 4.45. The number of aryl methyl sites for hydroxylation is 1. The number of rotatable bonds is 2. The van der Waals surface area contributed by atoms with E-state index in [0.717, 1.165) is 0 Å². The zero-order valence-corrected chi connectivity index (χ0v) is 15.0. The quantitative estimate of drug-likeness (QED) is 0.501. The molecule has 0 atom stereocenters. The fraction of sp³-hybridized carbons (Fsp3) is 0.235. The van der Waals surface area contributed by atoms with Crippen molar-refractivity contribution < 1.29 is 5.11 Å². The van der Waals surface area contributed by atoms with Crippen LogP contribution in [0.2, 0.25) is 5.02 Å². The highest BCUT2D eigenvalue weighted by Gasteiger charge is 2.22. The molecule has 0 radical (unpaired) electrons. The Kier molecular flexibility index (Phi) is 3.48. The SMILES string of the molecule is CC(C)n1[nH]c(=O)c2c(-c3ccc(O)c(Cl)c3)c3c(nc21)[nH]c(=O)n3C. The lowest BCUT2D eigenvalue weighted by Crippen LogP contribution is -2.12. The van der Waals surface area contributed by atoms with Crippen LogP contribution >= 0.6 is 11.6 Å². The fourth-order valence-corrected chi connectivity index (χ4v) is 3.37. The van der Waals surface area contributed by atoms with Crippen LogP contribution < -0.4 is 11.2 Å². The molecule has 9 heteroatoms. The third kappa shape index (κ3) is 2.19. The number of nitrogens with zero attached hydrogens (tertiary/aromatic N) is 3. The van der Waals surface area contributed by atoms with Gasteiger partial charge in [0.1, 0.15) is 5.75 Å². The van der Waals surface area contributed by atoms with Crippen molar-refractivity contribution in [3.8, 4) is 16.9 Å². The van der Waals surface area contributed by atoms with Gasteiger partial charge in [-0.1, -0.05) is 17.7 Å². The third-order valence-corrected chi connectivity index (χ3v) is 4.75. The number of benzene rings is 1. The molecule has 0 amide bonds. The minimum absolute atomic E-state index is 0.0307. The van der Waals surface area contributed by atoms with Gasteiger partial charge in [0.25, 0.3) is 5.56 Å². The highest BCUT2D eigenvalue weighted by atomic mass is 35.5. The minimum atomic E-state index is -0.334. The number of phenolic OH excluding ortho intramolecular Hbond substituents is 1. The Morgan fingerprint density at radius 2 is 2.00 bits per heavy atom. The van der Waals surface area contributed by atoms with Gasteiger partial charge in [-0.3, -0.25) is 24.1 Å². The van der Waals surface area contributed by atoms with Crippen molar-refractivity contribution in [1.82, 2.24) is 24.3 Å². The minimum Gasteiger partial charge on any atom is -0.506 e. The van der Waals surface area contributed by atoms with E-state index in [2.05, 4.69) is 15.1 Å². The maximum atomic E-state index is 12.7. The van der Waals surface area contributed by atoms with Gasteiger partial charge in [0.05, 0.1) is 15.9 Å². The first-order valence-corrected chi connectivity index (χ1v) is 8.39. The van der Waals surface area contributed by atoms with E-state index in [-0.39, 0.29) is 28.1 Å². The highest BCUT2D eigenvalue weighted by Crippen LogP contribution is 2.36. The van der Waals surface area contributed by atoms with E-state index in [9.17, 15) is 14.7 Å². The van der Waals surface area contributed by atoms with E-state index in [1.54, 1.807) is 23.9 Å². The summed E-state index contributed by atoms with van der Waals surface area (Å²) in [4.78, 5) is 32.1. The van der Waals surface area contributed by atoms with Crippen LogP contribution in [0.15, 0.2) is 27.8 Å². The van der Waals surface area contributed by atoms with E-state index < -0.39 is 0 Å². The standard InChI is InChI=1S/C17H16ClN5O3/c1-7(2)23-15-12(16(25)21-23)11(8-4-5-10(24)9(18)6-8)13-14(19-15)20-17(26)22(13)3/h4-7,24H,1-3H3,(H,21,25)(H,19,20,26). The molecule has 26 heavy (non-hydrogen) atoms. The van der Waals surface area contributed by atoms with E-state index in [1.807, 2.05) is 13.8 Å². The molecular formula is C17H16ClN5O3. The van der Waals surface area contributed by atoms with Gasteiger partial charge in [-0.25, -0.2) is 9.78 Å². The van der Waals surface area contributed by atoms with Crippen molar-refractivity contribution in [2.45, 2.75) is 19.9 Å². The predicted molar refractivity (Wildman–Crippen MR) is 99.9 cm³/mol. The Morgan fingerprint density at radius 3 is 2.65 bits per heavy atom.